The molecule has 0 atom stereocenters. The summed E-state index contributed by atoms with van der Waals surface area (Å²) < 4.78 is 11.6. The minimum absolute atomic E-state index is 0.108. The summed E-state index contributed by atoms with van der Waals surface area (Å²) in [7, 11) is 3.17. The van der Waals surface area contributed by atoms with E-state index in [2.05, 4.69) is 0 Å². The average Bonchev–Trinajstić information content (AvgIpc) is 2.21. The van der Waals surface area contributed by atoms with Gasteiger partial charge in [-0.3, -0.25) is 4.79 Å². The Morgan fingerprint density at radius 3 is 2.47 bits per heavy atom. The van der Waals surface area contributed by atoms with Crippen molar-refractivity contribution < 1.29 is 9.47 Å². The minimum atomic E-state index is -0.143. The first-order valence-corrected chi connectivity index (χ1v) is 4.64. The fourth-order valence-electron chi connectivity index (χ4n) is 1.40. The van der Waals surface area contributed by atoms with E-state index in [1.165, 1.54) is 10.6 Å². The Bertz CT molecular complexity index is 356. The Hall–Kier alpha value is -1.33. The highest BCUT2D eigenvalue weighted by Crippen LogP contribution is 2.07. The van der Waals surface area contributed by atoms with Gasteiger partial charge in [0.1, 0.15) is 0 Å². The van der Waals surface area contributed by atoms with Crippen molar-refractivity contribution >= 4 is 5.69 Å². The van der Waals surface area contributed by atoms with Gasteiger partial charge < -0.3 is 19.8 Å². The topological polar surface area (TPSA) is 66.5 Å². The summed E-state index contributed by atoms with van der Waals surface area (Å²) in [5, 5.41) is 0. The average molecular weight is 212 g/mol. The molecule has 5 nitrogen and oxygen atoms in total. The molecule has 1 heterocycles. The van der Waals surface area contributed by atoms with Gasteiger partial charge >= 0.3 is 0 Å². The third-order valence-corrected chi connectivity index (χ3v) is 2.07. The Labute approximate surface area is 88.4 Å². The number of nitrogens with two attached hydrogens (primary N) is 1. The van der Waals surface area contributed by atoms with Gasteiger partial charge in [0.25, 0.3) is 5.56 Å². The lowest BCUT2D eigenvalue weighted by Crippen LogP contribution is -2.29. The molecule has 2 N–H and O–H groups in total. The quantitative estimate of drug-likeness (QED) is 0.760. The van der Waals surface area contributed by atoms with Crippen LogP contribution in [0.15, 0.2) is 23.1 Å². The predicted octanol–water partition coefficient (Wildman–Crippen LogP) is 0.264. The van der Waals surface area contributed by atoms with Crippen LogP contribution in [0, 0.1) is 0 Å². The van der Waals surface area contributed by atoms with Crippen LogP contribution in [0.5, 0.6) is 0 Å². The molecule has 84 valence electrons. The van der Waals surface area contributed by atoms with Gasteiger partial charge in [-0.15, -0.1) is 0 Å². The number of hydrogen-bond donors (Lipinski definition) is 1. The molecule has 15 heavy (non-hydrogen) atoms. The van der Waals surface area contributed by atoms with E-state index in [0.717, 1.165) is 0 Å². The van der Waals surface area contributed by atoms with E-state index in [1.54, 1.807) is 26.5 Å². The largest absolute Gasteiger partial charge is 0.398 e. The molecule has 0 aromatic carbocycles. The van der Waals surface area contributed by atoms with Gasteiger partial charge in [0.05, 0.1) is 19.3 Å². The van der Waals surface area contributed by atoms with Crippen LogP contribution in [0.3, 0.4) is 0 Å². The fraction of sp³-hybridized carbons (Fsp3) is 0.500. The normalized spacial score (nSPS) is 10.9. The number of nitrogen functional groups attached to an aromatic ring is 1. The highest BCUT2D eigenvalue weighted by atomic mass is 16.5. The Morgan fingerprint density at radius 2 is 1.93 bits per heavy atom. The number of anilines is 1. The van der Waals surface area contributed by atoms with Crippen LogP contribution in [0.25, 0.3) is 0 Å². The van der Waals surface area contributed by atoms with Crippen LogP contribution in [-0.4, -0.2) is 32.0 Å². The summed E-state index contributed by atoms with van der Waals surface area (Å²) in [6.07, 6.45) is 1.60. The van der Waals surface area contributed by atoms with E-state index < -0.39 is 0 Å². The number of ether oxygens (including phenoxy) is 2. The van der Waals surface area contributed by atoms with Gasteiger partial charge in [-0.2, -0.15) is 0 Å². The zero-order chi connectivity index (χ0) is 11.3. The first-order valence-electron chi connectivity index (χ1n) is 4.64. The molecule has 0 aliphatic heterocycles. The lowest BCUT2D eigenvalue weighted by Gasteiger charge is -2.18. The maximum Gasteiger partial charge on any atom is 0.251 e. The van der Waals surface area contributed by atoms with E-state index in [9.17, 15) is 4.79 Å². The molecule has 1 aromatic rings. The summed E-state index contributed by atoms with van der Waals surface area (Å²) in [4.78, 5) is 11.6. The zero-order valence-corrected chi connectivity index (χ0v) is 8.97. The molecular formula is C10H16N2O3. The smallest absolute Gasteiger partial charge is 0.251 e. The molecule has 0 bridgehead atoms. The van der Waals surface area contributed by atoms with E-state index in [-0.39, 0.29) is 11.6 Å². The third-order valence-electron chi connectivity index (χ3n) is 2.07. The van der Waals surface area contributed by atoms with Gasteiger partial charge in [-0.25, -0.2) is 0 Å². The number of rotatable bonds is 5. The molecule has 0 radical (unpaired) electrons. The molecule has 0 fully saturated rings. The molecule has 0 saturated carbocycles. The van der Waals surface area contributed by atoms with Gasteiger partial charge in [0, 0.05) is 32.2 Å². The van der Waals surface area contributed by atoms with Crippen LogP contribution >= 0.6 is 0 Å². The molecule has 1 aromatic heterocycles. The summed E-state index contributed by atoms with van der Waals surface area (Å²) in [6.45, 7) is 0.828. The van der Waals surface area contributed by atoms with Gasteiger partial charge in [0.15, 0.2) is 0 Å². The van der Waals surface area contributed by atoms with Crippen LogP contribution in [0.2, 0.25) is 0 Å². The molecule has 0 aliphatic rings. The highest BCUT2D eigenvalue weighted by molar-refractivity contribution is 5.33. The first-order chi connectivity index (χ1) is 7.19. The van der Waals surface area contributed by atoms with Crippen LogP contribution in [0.4, 0.5) is 5.69 Å². The number of hydrogen-bond acceptors (Lipinski definition) is 4. The molecule has 0 aliphatic carbocycles. The Morgan fingerprint density at radius 1 is 1.33 bits per heavy atom. The van der Waals surface area contributed by atoms with Crippen molar-refractivity contribution in [2.24, 2.45) is 0 Å². The third kappa shape index (κ3) is 3.07. The van der Waals surface area contributed by atoms with Crippen molar-refractivity contribution in [2.45, 2.75) is 6.04 Å². The fourth-order valence-corrected chi connectivity index (χ4v) is 1.40. The van der Waals surface area contributed by atoms with E-state index >= 15 is 0 Å². The monoisotopic (exact) mass is 212 g/mol. The van der Waals surface area contributed by atoms with Gasteiger partial charge in [0.2, 0.25) is 0 Å². The second-order valence-electron chi connectivity index (χ2n) is 3.27. The lowest BCUT2D eigenvalue weighted by molar-refractivity contribution is 0.0880. The van der Waals surface area contributed by atoms with Crippen LogP contribution in [-0.2, 0) is 9.47 Å². The zero-order valence-electron chi connectivity index (χ0n) is 8.97. The highest BCUT2D eigenvalue weighted by Gasteiger charge is 2.11. The standard InChI is InChI=1S/C10H16N2O3/c1-14-6-9(7-15-2)12-5-8(11)3-4-10(12)13/h3-5,9H,6-7,11H2,1-2H3. The van der Waals surface area contributed by atoms with Gasteiger partial charge in [-0.05, 0) is 6.07 Å². The maximum atomic E-state index is 11.6. The molecule has 5 heteroatoms. The number of nitrogens with zero attached hydrogens (tertiary/aromatic N) is 1. The molecule has 0 saturated heterocycles. The molecule has 1 rings (SSSR count). The van der Waals surface area contributed by atoms with E-state index in [4.69, 9.17) is 15.2 Å². The number of aromatic nitrogens is 1. The Kier molecular flexibility index (Phi) is 4.33. The molecule has 0 amide bonds. The van der Waals surface area contributed by atoms with Crippen LogP contribution < -0.4 is 11.3 Å². The van der Waals surface area contributed by atoms with Crippen molar-refractivity contribution in [3.63, 3.8) is 0 Å². The summed E-state index contributed by atoms with van der Waals surface area (Å²) >= 11 is 0. The number of methoxy groups -OCH3 is 2. The Balaban J connectivity index is 2.98. The maximum absolute atomic E-state index is 11.6. The second kappa shape index (κ2) is 5.53. The van der Waals surface area contributed by atoms with E-state index in [0.29, 0.717) is 18.9 Å². The SMILES string of the molecule is COCC(COC)n1cc(N)ccc1=O. The van der Waals surface area contributed by atoms with Crippen molar-refractivity contribution in [1.82, 2.24) is 4.57 Å². The molecule has 0 unspecified atom stereocenters. The molecular weight excluding hydrogens is 196 g/mol. The van der Waals surface area contributed by atoms with Crippen LogP contribution in [0.1, 0.15) is 6.04 Å². The first kappa shape index (κ1) is 11.7. The summed E-state index contributed by atoms with van der Waals surface area (Å²) in [5.74, 6) is 0. The van der Waals surface area contributed by atoms with Crippen molar-refractivity contribution in [1.29, 1.82) is 0 Å². The van der Waals surface area contributed by atoms with Gasteiger partial charge in [-0.1, -0.05) is 0 Å². The summed E-state index contributed by atoms with van der Waals surface area (Å²) in [6, 6.07) is 2.87. The predicted molar refractivity (Wildman–Crippen MR) is 57.9 cm³/mol. The molecule has 0 spiro atoms. The van der Waals surface area contributed by atoms with Crippen molar-refractivity contribution in [2.75, 3.05) is 33.2 Å². The minimum Gasteiger partial charge on any atom is -0.398 e. The lowest BCUT2D eigenvalue weighted by atomic mass is 10.3. The van der Waals surface area contributed by atoms with Crippen molar-refractivity contribution in [3.8, 4) is 0 Å². The van der Waals surface area contributed by atoms with Crippen molar-refractivity contribution in [3.05, 3.63) is 28.7 Å². The van der Waals surface area contributed by atoms with E-state index in [1.807, 2.05) is 0 Å². The summed E-state index contributed by atoms with van der Waals surface area (Å²) in [5.41, 5.74) is 6.06. The number of pyridine rings is 1. The second-order valence-corrected chi connectivity index (χ2v) is 3.27.